The van der Waals surface area contributed by atoms with Gasteiger partial charge in [0.1, 0.15) is 12.1 Å². The Morgan fingerprint density at radius 3 is 2.63 bits per heavy atom. The number of aromatic nitrogens is 3. The highest BCUT2D eigenvalue weighted by Crippen LogP contribution is 2.16. The smallest absolute Gasteiger partial charge is 0.151 e. The summed E-state index contributed by atoms with van der Waals surface area (Å²) in [6.07, 6.45) is 3.45. The number of hydrogen-bond acceptors (Lipinski definition) is 3. The first kappa shape index (κ1) is 13.7. The van der Waals surface area contributed by atoms with Crippen LogP contribution in [0, 0.1) is 5.82 Å². The predicted octanol–water partition coefficient (Wildman–Crippen LogP) is 2.24. The summed E-state index contributed by atoms with van der Waals surface area (Å²) >= 11 is 0. The first-order valence-corrected chi connectivity index (χ1v) is 6.52. The van der Waals surface area contributed by atoms with Crippen LogP contribution in [0.5, 0.6) is 0 Å². The number of halogens is 1. The molecular formula is C14H19FN4. The molecule has 0 saturated carbocycles. The molecule has 4 nitrogen and oxygen atoms in total. The number of nitrogens with one attached hydrogen (secondary N) is 1. The number of hydrogen-bond donors (Lipinski definition) is 1. The molecule has 0 bridgehead atoms. The molecule has 0 aliphatic rings. The van der Waals surface area contributed by atoms with Crippen LogP contribution < -0.4 is 5.32 Å². The molecule has 0 amide bonds. The summed E-state index contributed by atoms with van der Waals surface area (Å²) in [7, 11) is 1.86. The van der Waals surface area contributed by atoms with Crippen LogP contribution in [0.3, 0.4) is 0 Å². The van der Waals surface area contributed by atoms with E-state index in [-0.39, 0.29) is 11.9 Å². The van der Waals surface area contributed by atoms with Crippen molar-refractivity contribution in [3.63, 3.8) is 0 Å². The molecule has 1 aromatic heterocycles. The van der Waals surface area contributed by atoms with Gasteiger partial charge in [0.05, 0.1) is 0 Å². The molecule has 0 aliphatic carbocycles. The molecule has 102 valence electrons. The van der Waals surface area contributed by atoms with Gasteiger partial charge < -0.3 is 5.32 Å². The minimum absolute atomic E-state index is 0.198. The fourth-order valence-electron chi connectivity index (χ4n) is 2.05. The van der Waals surface area contributed by atoms with Crippen LogP contribution in [0.25, 0.3) is 0 Å². The molecule has 5 heteroatoms. The van der Waals surface area contributed by atoms with E-state index in [4.69, 9.17) is 0 Å². The molecule has 0 aliphatic heterocycles. The Hall–Kier alpha value is -1.75. The number of nitrogens with zero attached hydrogens (tertiary/aromatic N) is 3. The summed E-state index contributed by atoms with van der Waals surface area (Å²) in [5.41, 5.74) is 1.11. The highest BCUT2D eigenvalue weighted by molar-refractivity contribution is 5.19. The van der Waals surface area contributed by atoms with Gasteiger partial charge in [0.25, 0.3) is 0 Å². The van der Waals surface area contributed by atoms with Crippen LogP contribution in [0.15, 0.2) is 30.6 Å². The van der Waals surface area contributed by atoms with E-state index in [1.54, 1.807) is 11.0 Å². The second kappa shape index (κ2) is 6.43. The van der Waals surface area contributed by atoms with Crippen molar-refractivity contribution in [2.45, 2.75) is 25.8 Å². The predicted molar refractivity (Wildman–Crippen MR) is 72.1 cm³/mol. The molecule has 2 rings (SSSR count). The Kier molecular flexibility index (Phi) is 4.63. The summed E-state index contributed by atoms with van der Waals surface area (Å²) in [6, 6.07) is 6.90. The highest BCUT2D eigenvalue weighted by Gasteiger charge is 2.09. The molecule has 1 atom stereocenters. The van der Waals surface area contributed by atoms with Gasteiger partial charge in [0, 0.05) is 26.1 Å². The Balaban J connectivity index is 1.87. The van der Waals surface area contributed by atoms with E-state index in [2.05, 4.69) is 22.3 Å². The van der Waals surface area contributed by atoms with Crippen LogP contribution in [-0.2, 0) is 13.5 Å². The quantitative estimate of drug-likeness (QED) is 0.868. The topological polar surface area (TPSA) is 42.7 Å². The van der Waals surface area contributed by atoms with Crippen molar-refractivity contribution in [1.82, 2.24) is 20.1 Å². The summed E-state index contributed by atoms with van der Waals surface area (Å²) in [4.78, 5) is 4.19. The monoisotopic (exact) mass is 262 g/mol. The zero-order valence-electron chi connectivity index (χ0n) is 11.3. The summed E-state index contributed by atoms with van der Waals surface area (Å²) in [5, 5.41) is 7.68. The van der Waals surface area contributed by atoms with Crippen molar-refractivity contribution in [3.05, 3.63) is 47.8 Å². The van der Waals surface area contributed by atoms with Gasteiger partial charge in [-0.3, -0.25) is 4.68 Å². The van der Waals surface area contributed by atoms with E-state index >= 15 is 0 Å². The molecule has 1 heterocycles. The SMILES string of the molecule is CCC(NCCc1ncn(C)n1)c1ccc(F)cc1. The standard InChI is InChI=1S/C14H19FN4/c1-3-13(11-4-6-12(15)7-5-11)16-9-8-14-17-10-19(2)18-14/h4-7,10,13,16H,3,8-9H2,1-2H3. The molecule has 1 aromatic carbocycles. The molecule has 19 heavy (non-hydrogen) atoms. The molecular weight excluding hydrogens is 243 g/mol. The minimum Gasteiger partial charge on any atom is -0.310 e. The average molecular weight is 262 g/mol. The Labute approximate surface area is 112 Å². The zero-order chi connectivity index (χ0) is 13.7. The van der Waals surface area contributed by atoms with E-state index in [0.29, 0.717) is 0 Å². The number of aryl methyl sites for hydroxylation is 1. The molecule has 0 spiro atoms. The van der Waals surface area contributed by atoms with Crippen LogP contribution in [0.4, 0.5) is 4.39 Å². The Morgan fingerprint density at radius 1 is 1.32 bits per heavy atom. The lowest BCUT2D eigenvalue weighted by Gasteiger charge is -2.16. The van der Waals surface area contributed by atoms with E-state index in [1.165, 1.54) is 12.1 Å². The molecule has 0 fully saturated rings. The third-order valence-corrected chi connectivity index (χ3v) is 3.07. The lowest BCUT2D eigenvalue weighted by molar-refractivity contribution is 0.516. The Bertz CT molecular complexity index is 506. The van der Waals surface area contributed by atoms with E-state index in [0.717, 1.165) is 30.8 Å². The van der Waals surface area contributed by atoms with Crippen molar-refractivity contribution >= 4 is 0 Å². The van der Waals surface area contributed by atoms with Crippen LogP contribution in [-0.4, -0.2) is 21.3 Å². The molecule has 0 radical (unpaired) electrons. The van der Waals surface area contributed by atoms with Crippen molar-refractivity contribution in [2.75, 3.05) is 6.54 Å². The van der Waals surface area contributed by atoms with Crippen molar-refractivity contribution < 1.29 is 4.39 Å². The first-order valence-electron chi connectivity index (χ1n) is 6.52. The van der Waals surface area contributed by atoms with Gasteiger partial charge in [0.15, 0.2) is 5.82 Å². The zero-order valence-corrected chi connectivity index (χ0v) is 11.3. The average Bonchev–Trinajstić information content (AvgIpc) is 2.82. The van der Waals surface area contributed by atoms with Gasteiger partial charge in [-0.2, -0.15) is 5.10 Å². The van der Waals surface area contributed by atoms with E-state index in [1.807, 2.05) is 19.2 Å². The maximum Gasteiger partial charge on any atom is 0.151 e. The second-order valence-corrected chi connectivity index (χ2v) is 4.55. The van der Waals surface area contributed by atoms with Gasteiger partial charge in [-0.05, 0) is 24.1 Å². The van der Waals surface area contributed by atoms with Crippen LogP contribution >= 0.6 is 0 Å². The maximum absolute atomic E-state index is 12.9. The largest absolute Gasteiger partial charge is 0.310 e. The molecule has 2 aromatic rings. The van der Waals surface area contributed by atoms with E-state index < -0.39 is 0 Å². The number of benzene rings is 1. The summed E-state index contributed by atoms with van der Waals surface area (Å²) in [6.45, 7) is 2.92. The second-order valence-electron chi connectivity index (χ2n) is 4.55. The third kappa shape index (κ3) is 3.86. The summed E-state index contributed by atoms with van der Waals surface area (Å²) < 4.78 is 14.6. The lowest BCUT2D eigenvalue weighted by atomic mass is 10.0. The van der Waals surface area contributed by atoms with Gasteiger partial charge in [-0.25, -0.2) is 9.37 Å². The normalized spacial score (nSPS) is 12.6. The minimum atomic E-state index is -0.198. The van der Waals surface area contributed by atoms with Gasteiger partial charge in [-0.1, -0.05) is 19.1 Å². The van der Waals surface area contributed by atoms with Gasteiger partial charge in [0.2, 0.25) is 0 Å². The highest BCUT2D eigenvalue weighted by atomic mass is 19.1. The van der Waals surface area contributed by atoms with Crippen molar-refractivity contribution in [2.24, 2.45) is 7.05 Å². The van der Waals surface area contributed by atoms with Gasteiger partial charge in [-0.15, -0.1) is 0 Å². The lowest BCUT2D eigenvalue weighted by Crippen LogP contribution is -2.23. The fraction of sp³-hybridized carbons (Fsp3) is 0.429. The fourth-order valence-corrected chi connectivity index (χ4v) is 2.05. The maximum atomic E-state index is 12.9. The van der Waals surface area contributed by atoms with Crippen LogP contribution in [0.1, 0.15) is 30.8 Å². The van der Waals surface area contributed by atoms with Gasteiger partial charge >= 0.3 is 0 Å². The molecule has 1 unspecified atom stereocenters. The molecule has 0 saturated heterocycles. The van der Waals surface area contributed by atoms with Crippen molar-refractivity contribution in [1.29, 1.82) is 0 Å². The van der Waals surface area contributed by atoms with Crippen molar-refractivity contribution in [3.8, 4) is 0 Å². The van der Waals surface area contributed by atoms with E-state index in [9.17, 15) is 4.39 Å². The Morgan fingerprint density at radius 2 is 2.05 bits per heavy atom. The number of rotatable bonds is 6. The molecule has 1 N–H and O–H groups in total. The first-order chi connectivity index (χ1) is 9.19. The summed E-state index contributed by atoms with van der Waals surface area (Å²) in [5.74, 6) is 0.639. The van der Waals surface area contributed by atoms with Crippen LogP contribution in [0.2, 0.25) is 0 Å². The third-order valence-electron chi connectivity index (χ3n) is 3.07.